The number of anilines is 2. The Kier molecular flexibility index (Phi) is 5.72. The number of amides is 1. The number of para-hydroxylation sites is 1. The van der Waals surface area contributed by atoms with Crippen molar-refractivity contribution in [3.8, 4) is 0 Å². The van der Waals surface area contributed by atoms with Gasteiger partial charge in [-0.25, -0.2) is 4.68 Å². The molecule has 1 aliphatic heterocycles. The Morgan fingerprint density at radius 2 is 1.81 bits per heavy atom. The van der Waals surface area contributed by atoms with Gasteiger partial charge in [-0.05, 0) is 49.4 Å². The van der Waals surface area contributed by atoms with Crippen LogP contribution in [0.4, 0.5) is 24.8 Å². The Bertz CT molecular complexity index is 1200. The summed E-state index contributed by atoms with van der Waals surface area (Å²) in [4.78, 5) is 17.8. The summed E-state index contributed by atoms with van der Waals surface area (Å²) in [5, 5.41) is 11.0. The van der Waals surface area contributed by atoms with Gasteiger partial charge in [-0.2, -0.15) is 18.2 Å². The van der Waals surface area contributed by atoms with Gasteiger partial charge in [0.1, 0.15) is 6.04 Å². The number of aryl methyl sites for hydroxylation is 1. The van der Waals surface area contributed by atoms with E-state index in [0.29, 0.717) is 33.6 Å². The zero-order valence-corrected chi connectivity index (χ0v) is 18.3. The van der Waals surface area contributed by atoms with Gasteiger partial charge in [-0.15, -0.1) is 5.10 Å². The van der Waals surface area contributed by atoms with Crippen LogP contribution < -0.4 is 10.6 Å². The van der Waals surface area contributed by atoms with Gasteiger partial charge in [0.25, 0.3) is 5.91 Å². The molecule has 1 amide bonds. The first kappa shape index (κ1) is 21.9. The highest BCUT2D eigenvalue weighted by atomic mass is 32.2. The van der Waals surface area contributed by atoms with Crippen LogP contribution in [-0.2, 0) is 11.0 Å². The number of thioether (sulfide) groups is 1. The molecule has 0 unspecified atom stereocenters. The molecule has 0 saturated heterocycles. The van der Waals surface area contributed by atoms with Crippen molar-refractivity contribution in [1.82, 2.24) is 14.8 Å². The lowest BCUT2D eigenvalue weighted by Gasteiger charge is -2.29. The molecule has 0 radical (unpaired) electrons. The highest BCUT2D eigenvalue weighted by Crippen LogP contribution is 2.38. The number of benzene rings is 2. The van der Waals surface area contributed by atoms with Gasteiger partial charge in [0, 0.05) is 11.4 Å². The van der Waals surface area contributed by atoms with E-state index in [0.717, 1.165) is 17.7 Å². The van der Waals surface area contributed by atoms with E-state index in [2.05, 4.69) is 20.7 Å². The van der Waals surface area contributed by atoms with Crippen molar-refractivity contribution in [2.24, 2.45) is 0 Å². The molecule has 0 spiro atoms. The molecule has 0 saturated carbocycles. The summed E-state index contributed by atoms with van der Waals surface area (Å²) in [7, 11) is 0. The van der Waals surface area contributed by atoms with Crippen LogP contribution in [0.15, 0.2) is 65.0 Å². The molecule has 1 aromatic heterocycles. The third-order valence-electron chi connectivity index (χ3n) is 5.21. The molecular weight excluding hydrogens is 439 g/mol. The molecule has 0 bridgehead atoms. The molecule has 0 aliphatic carbocycles. The molecule has 1 aliphatic rings. The van der Waals surface area contributed by atoms with E-state index in [1.807, 2.05) is 31.4 Å². The average molecular weight is 459 g/mol. The summed E-state index contributed by atoms with van der Waals surface area (Å²) in [6.07, 6.45) is -2.63. The molecule has 3 aromatic rings. The third-order valence-corrected chi connectivity index (χ3v) is 5.75. The fourth-order valence-corrected chi connectivity index (χ4v) is 3.92. The topological polar surface area (TPSA) is 71.8 Å². The van der Waals surface area contributed by atoms with Crippen molar-refractivity contribution in [3.05, 3.63) is 76.5 Å². The van der Waals surface area contributed by atoms with Crippen molar-refractivity contribution >= 4 is 29.3 Å². The van der Waals surface area contributed by atoms with Crippen molar-refractivity contribution in [1.29, 1.82) is 0 Å². The van der Waals surface area contributed by atoms with Crippen LogP contribution in [0.3, 0.4) is 0 Å². The van der Waals surface area contributed by atoms with E-state index in [4.69, 9.17) is 0 Å². The van der Waals surface area contributed by atoms with Gasteiger partial charge in [0.15, 0.2) is 0 Å². The number of nitrogens with zero attached hydrogens (tertiary/aromatic N) is 3. The van der Waals surface area contributed by atoms with Gasteiger partial charge in [-0.3, -0.25) is 4.79 Å². The summed E-state index contributed by atoms with van der Waals surface area (Å²) >= 11 is 1.33. The summed E-state index contributed by atoms with van der Waals surface area (Å²) in [6.45, 7) is 3.62. The molecule has 32 heavy (non-hydrogen) atoms. The molecular formula is C22H20F3N5OS. The molecule has 166 valence electrons. The lowest BCUT2D eigenvalue weighted by atomic mass is 9.94. The van der Waals surface area contributed by atoms with Crippen LogP contribution in [0.2, 0.25) is 0 Å². The minimum atomic E-state index is -4.45. The van der Waals surface area contributed by atoms with E-state index in [1.165, 1.54) is 28.6 Å². The van der Waals surface area contributed by atoms with Gasteiger partial charge in [-0.1, -0.05) is 42.1 Å². The zero-order valence-electron chi connectivity index (χ0n) is 17.5. The van der Waals surface area contributed by atoms with E-state index in [-0.39, 0.29) is 5.91 Å². The molecule has 4 rings (SSSR count). The highest BCUT2D eigenvalue weighted by Gasteiger charge is 2.36. The maximum atomic E-state index is 13.4. The quantitative estimate of drug-likeness (QED) is 0.521. The van der Waals surface area contributed by atoms with Gasteiger partial charge in [0.2, 0.25) is 11.1 Å². The summed E-state index contributed by atoms with van der Waals surface area (Å²) < 4.78 is 40.8. The monoisotopic (exact) mass is 459 g/mol. The number of hydrogen-bond acceptors (Lipinski definition) is 5. The molecule has 6 nitrogen and oxygen atoms in total. The number of hydrogen-bond donors (Lipinski definition) is 2. The second kappa shape index (κ2) is 8.34. The number of aromatic nitrogens is 3. The standard InChI is InChI=1S/C22H20F3N5OS/c1-12-6-4-5-7-16(12)27-19(31)17-13(2)26-20-28-21(32-3)29-30(20)18(17)14-8-10-15(11-9-14)22(23,24)25/h4-11,18H,1-3H3,(H,27,31)(H,26,28,29)/t18-/m1/s1. The van der Waals surface area contributed by atoms with Crippen molar-refractivity contribution in [2.45, 2.75) is 31.2 Å². The van der Waals surface area contributed by atoms with Crippen LogP contribution in [0.5, 0.6) is 0 Å². The van der Waals surface area contributed by atoms with E-state index >= 15 is 0 Å². The largest absolute Gasteiger partial charge is 0.416 e. The van der Waals surface area contributed by atoms with Crippen LogP contribution in [-0.4, -0.2) is 26.9 Å². The normalized spacial score (nSPS) is 15.9. The third kappa shape index (κ3) is 4.10. The zero-order chi connectivity index (χ0) is 23.0. The van der Waals surface area contributed by atoms with Gasteiger partial charge >= 0.3 is 6.18 Å². The fraction of sp³-hybridized carbons (Fsp3) is 0.227. The lowest BCUT2D eigenvalue weighted by molar-refractivity contribution is -0.137. The average Bonchev–Trinajstić information content (AvgIpc) is 3.16. The fourth-order valence-electron chi connectivity index (χ4n) is 3.58. The Balaban J connectivity index is 1.79. The van der Waals surface area contributed by atoms with Crippen LogP contribution in [0.1, 0.15) is 29.7 Å². The predicted octanol–water partition coefficient (Wildman–Crippen LogP) is 5.25. The predicted molar refractivity (Wildman–Crippen MR) is 118 cm³/mol. The Morgan fingerprint density at radius 1 is 1.12 bits per heavy atom. The number of halogens is 3. The van der Waals surface area contributed by atoms with Crippen molar-refractivity contribution in [2.75, 3.05) is 16.9 Å². The lowest BCUT2D eigenvalue weighted by Crippen LogP contribution is -2.31. The number of carbonyl (C=O) groups is 1. The molecule has 2 heterocycles. The minimum Gasteiger partial charge on any atom is -0.328 e. The number of rotatable bonds is 4. The molecule has 0 fully saturated rings. The maximum Gasteiger partial charge on any atom is 0.416 e. The first-order valence-electron chi connectivity index (χ1n) is 9.71. The Labute approximate surface area is 186 Å². The minimum absolute atomic E-state index is 0.345. The van der Waals surface area contributed by atoms with E-state index < -0.39 is 17.8 Å². The molecule has 2 aromatic carbocycles. The van der Waals surface area contributed by atoms with Gasteiger partial charge < -0.3 is 10.6 Å². The van der Waals surface area contributed by atoms with E-state index in [9.17, 15) is 18.0 Å². The highest BCUT2D eigenvalue weighted by molar-refractivity contribution is 7.98. The molecule has 1 atom stereocenters. The van der Waals surface area contributed by atoms with E-state index in [1.54, 1.807) is 13.0 Å². The first-order valence-corrected chi connectivity index (χ1v) is 10.9. The smallest absolute Gasteiger partial charge is 0.328 e. The van der Waals surface area contributed by atoms with Crippen molar-refractivity contribution < 1.29 is 18.0 Å². The van der Waals surface area contributed by atoms with Gasteiger partial charge in [0.05, 0.1) is 11.1 Å². The maximum absolute atomic E-state index is 13.4. The number of carbonyl (C=O) groups excluding carboxylic acids is 1. The number of nitrogens with one attached hydrogen (secondary N) is 2. The SMILES string of the molecule is CSc1nc2n(n1)[C@H](c1ccc(C(F)(F)F)cc1)C(C(=O)Nc1ccccc1C)=C(C)N2. The summed E-state index contributed by atoms with van der Waals surface area (Å²) in [5.41, 5.74) is 2.17. The summed E-state index contributed by atoms with van der Waals surface area (Å²) in [6, 6.07) is 11.4. The Hall–Kier alpha value is -3.27. The van der Waals surface area contributed by atoms with Crippen LogP contribution in [0.25, 0.3) is 0 Å². The Morgan fingerprint density at radius 3 is 2.44 bits per heavy atom. The van der Waals surface area contributed by atoms with Crippen molar-refractivity contribution in [3.63, 3.8) is 0 Å². The summed E-state index contributed by atoms with van der Waals surface area (Å²) in [5.74, 6) is 0.0465. The number of allylic oxidation sites excluding steroid dienone is 1. The number of alkyl halides is 3. The number of fused-ring (bicyclic) bond motifs is 1. The molecule has 10 heteroatoms. The first-order chi connectivity index (χ1) is 15.2. The second-order valence-corrected chi connectivity index (χ2v) is 8.10. The van der Waals surface area contributed by atoms with Crippen LogP contribution in [0, 0.1) is 6.92 Å². The molecule has 2 N–H and O–H groups in total. The van der Waals surface area contributed by atoms with Crippen LogP contribution >= 0.6 is 11.8 Å². The second-order valence-electron chi connectivity index (χ2n) is 7.32.